The van der Waals surface area contributed by atoms with Crippen LogP contribution in [0, 0.1) is 0 Å². The molecule has 5 heteroatoms. The van der Waals surface area contributed by atoms with Crippen molar-refractivity contribution in [2.24, 2.45) is 0 Å². The quantitative estimate of drug-likeness (QED) is 0.166. The zero-order valence-corrected chi connectivity index (χ0v) is 42.6. The van der Waals surface area contributed by atoms with Crippen molar-refractivity contribution in [2.45, 2.75) is 43.9 Å². The molecule has 360 valence electrons. The van der Waals surface area contributed by atoms with Gasteiger partial charge in [-0.25, -0.2) is 0 Å². The van der Waals surface area contributed by atoms with Gasteiger partial charge in [0.1, 0.15) is 11.2 Å². The predicted octanol–water partition coefficient (Wildman–Crippen LogP) is 18.3. The van der Waals surface area contributed by atoms with Crippen molar-refractivity contribution in [1.29, 1.82) is 0 Å². The Morgan fingerprint density at radius 1 is 0.355 bits per heavy atom. The number of hydrogen-bond acceptors (Lipinski definition) is 5. The minimum atomic E-state index is -0.859. The number of para-hydroxylation sites is 3. The van der Waals surface area contributed by atoms with Crippen molar-refractivity contribution in [2.75, 3.05) is 9.80 Å². The van der Waals surface area contributed by atoms with Crippen LogP contribution in [0.1, 0.15) is 72.2 Å². The third-order valence-electron chi connectivity index (χ3n) is 17.5. The van der Waals surface area contributed by atoms with Gasteiger partial charge in [-0.2, -0.15) is 0 Å². The second kappa shape index (κ2) is 15.4. The molecule has 5 nitrogen and oxygen atoms in total. The molecule has 0 bridgehead atoms. The molecule has 0 saturated carbocycles. The Balaban J connectivity index is 1.02. The Hall–Kier alpha value is -9.32. The van der Waals surface area contributed by atoms with Crippen LogP contribution in [0.15, 0.2) is 235 Å². The maximum absolute atomic E-state index is 7.16. The fourth-order valence-electron chi connectivity index (χ4n) is 14.2. The van der Waals surface area contributed by atoms with Crippen molar-refractivity contribution in [1.82, 2.24) is 9.97 Å². The van der Waals surface area contributed by atoms with Crippen LogP contribution in [0.4, 0.5) is 34.1 Å². The predicted molar refractivity (Wildman–Crippen MR) is 310 cm³/mol. The summed E-state index contributed by atoms with van der Waals surface area (Å²) in [6, 6.07) is 80.6. The van der Waals surface area contributed by atoms with Gasteiger partial charge in [-0.3, -0.25) is 9.97 Å². The van der Waals surface area contributed by atoms with Crippen LogP contribution in [-0.4, -0.2) is 9.97 Å². The lowest BCUT2D eigenvalue weighted by atomic mass is 9.69. The number of anilines is 6. The Morgan fingerprint density at radius 2 is 0.816 bits per heavy atom. The minimum absolute atomic E-state index is 0.177. The van der Waals surface area contributed by atoms with Crippen LogP contribution in [0.3, 0.4) is 0 Å². The molecular formula is C71H50N4O. The summed E-state index contributed by atoms with van der Waals surface area (Å²) in [6.07, 6.45) is 3.83. The summed E-state index contributed by atoms with van der Waals surface area (Å²) >= 11 is 0. The molecule has 4 aliphatic carbocycles. The van der Waals surface area contributed by atoms with E-state index in [4.69, 9.17) is 14.4 Å². The molecule has 9 aromatic carbocycles. The van der Waals surface area contributed by atoms with E-state index in [-0.39, 0.29) is 10.8 Å². The van der Waals surface area contributed by atoms with Crippen LogP contribution >= 0.6 is 0 Å². The van der Waals surface area contributed by atoms with E-state index in [1.165, 1.54) is 55.6 Å². The summed E-state index contributed by atoms with van der Waals surface area (Å²) in [5.74, 6) is 0. The molecule has 0 saturated heterocycles. The summed E-state index contributed by atoms with van der Waals surface area (Å²) in [6.45, 7) is 9.45. The molecule has 0 amide bonds. The van der Waals surface area contributed by atoms with Crippen LogP contribution in [0.25, 0.3) is 66.7 Å². The lowest BCUT2D eigenvalue weighted by molar-refractivity contribution is 0.660. The maximum Gasteiger partial charge on any atom is 0.137 e. The van der Waals surface area contributed by atoms with Gasteiger partial charge in [0, 0.05) is 74.1 Å². The highest BCUT2D eigenvalue weighted by molar-refractivity contribution is 6.17. The second-order valence-corrected chi connectivity index (χ2v) is 22.0. The van der Waals surface area contributed by atoms with Gasteiger partial charge in [-0.05, 0) is 151 Å². The third-order valence-corrected chi connectivity index (χ3v) is 17.5. The zero-order valence-electron chi connectivity index (χ0n) is 42.6. The Bertz CT molecular complexity index is 4390. The van der Waals surface area contributed by atoms with Gasteiger partial charge in [0.15, 0.2) is 0 Å². The number of hydrogen-bond donors (Lipinski definition) is 0. The highest BCUT2D eigenvalue weighted by atomic mass is 16.3. The topological polar surface area (TPSA) is 45.4 Å². The van der Waals surface area contributed by atoms with Gasteiger partial charge in [0.25, 0.3) is 0 Å². The Labute approximate surface area is 442 Å². The number of benzene rings is 9. The fraction of sp³-hybridized carbons (Fsp3) is 0.0986. The van der Waals surface area contributed by atoms with Crippen molar-refractivity contribution in [3.8, 4) is 44.8 Å². The molecule has 76 heavy (non-hydrogen) atoms. The summed E-state index contributed by atoms with van der Waals surface area (Å²) in [5, 5.41) is 2.17. The van der Waals surface area contributed by atoms with E-state index in [9.17, 15) is 0 Å². The Kier molecular flexibility index (Phi) is 8.72. The van der Waals surface area contributed by atoms with E-state index in [2.05, 4.69) is 256 Å². The van der Waals surface area contributed by atoms with Gasteiger partial charge < -0.3 is 14.2 Å². The molecular weight excluding hydrogens is 925 g/mol. The summed E-state index contributed by atoms with van der Waals surface area (Å²) in [7, 11) is 0. The number of furan rings is 1. The summed E-state index contributed by atoms with van der Waals surface area (Å²) < 4.78 is 7.16. The van der Waals surface area contributed by atoms with Crippen molar-refractivity contribution < 1.29 is 4.42 Å². The normalized spacial score (nSPS) is 14.9. The molecule has 12 aromatic rings. The van der Waals surface area contributed by atoms with E-state index >= 15 is 0 Å². The Morgan fingerprint density at radius 3 is 1.41 bits per heavy atom. The van der Waals surface area contributed by atoms with E-state index in [0.29, 0.717) is 0 Å². The van der Waals surface area contributed by atoms with Gasteiger partial charge >= 0.3 is 0 Å². The molecule has 0 atom stereocenters. The van der Waals surface area contributed by atoms with Gasteiger partial charge in [0.05, 0.1) is 22.5 Å². The molecule has 16 rings (SSSR count). The fourth-order valence-corrected chi connectivity index (χ4v) is 14.2. The van der Waals surface area contributed by atoms with Crippen LogP contribution in [0.5, 0.6) is 0 Å². The van der Waals surface area contributed by atoms with Crippen molar-refractivity contribution in [3.05, 3.63) is 275 Å². The molecule has 3 heterocycles. The van der Waals surface area contributed by atoms with Gasteiger partial charge in [-0.1, -0.05) is 161 Å². The lowest BCUT2D eigenvalue weighted by Gasteiger charge is -2.33. The molecule has 0 fully saturated rings. The first kappa shape index (κ1) is 43.1. The van der Waals surface area contributed by atoms with Gasteiger partial charge in [-0.15, -0.1) is 0 Å². The van der Waals surface area contributed by atoms with Gasteiger partial charge in [0.2, 0.25) is 0 Å². The van der Waals surface area contributed by atoms with Crippen LogP contribution < -0.4 is 9.80 Å². The first-order chi connectivity index (χ1) is 37.2. The highest BCUT2D eigenvalue weighted by Crippen LogP contribution is 2.67. The standard InChI is InChI=1S/C71H50N4O/c1-69(2)54-26-14-11-23-48(54)50-34-31-45(39-58(50)69)74(43-19-7-5-8-20-43)46-33-36-52-60(41-46)71(56-28-17-37-72-67(56)68-57(71)29-18-38-73-68)66-64(52)61(42-63-65(66)53-25-13-16-30-62(53)76-63)75(44-21-9-6-10-22-44)47-32-35-51-49-24-12-15-27-55(49)70(3,4)59(51)40-47/h5-42H,1-4H3. The van der Waals surface area contributed by atoms with Crippen LogP contribution in [0.2, 0.25) is 0 Å². The molecule has 3 aromatic heterocycles. The molecule has 0 unspecified atom stereocenters. The lowest BCUT2D eigenvalue weighted by Crippen LogP contribution is -2.27. The average molecular weight is 975 g/mol. The summed E-state index contributed by atoms with van der Waals surface area (Å²) in [4.78, 5) is 15.4. The monoisotopic (exact) mass is 974 g/mol. The molecule has 4 aliphatic rings. The number of pyridine rings is 2. The largest absolute Gasteiger partial charge is 0.456 e. The first-order valence-corrected chi connectivity index (χ1v) is 26.5. The van der Waals surface area contributed by atoms with E-state index in [1.54, 1.807) is 0 Å². The molecule has 0 aliphatic heterocycles. The molecule has 1 spiro atoms. The SMILES string of the molecule is CC1(C)c2ccccc2-c2ccc(N(c3ccccc3)c3ccc4c(c3)C3(c5cccnc5-c5ncccc53)c3c-4c(N(c4ccccc4)c4ccc5c(c4)C(C)(C)c4ccccc4-5)cc4oc5ccccc5c34)cc21. The molecule has 0 N–H and O–H groups in total. The average Bonchev–Trinajstić information content (AvgIpc) is 4.24. The molecule has 0 radical (unpaired) electrons. The summed E-state index contributed by atoms with van der Waals surface area (Å²) in [5.41, 5.74) is 26.1. The van der Waals surface area contributed by atoms with Crippen molar-refractivity contribution in [3.63, 3.8) is 0 Å². The number of aromatic nitrogens is 2. The zero-order chi connectivity index (χ0) is 50.7. The van der Waals surface area contributed by atoms with Crippen molar-refractivity contribution >= 4 is 56.1 Å². The van der Waals surface area contributed by atoms with E-state index in [1.807, 2.05) is 12.4 Å². The van der Waals surface area contributed by atoms with E-state index < -0.39 is 5.41 Å². The number of nitrogens with zero attached hydrogens (tertiary/aromatic N) is 4. The first-order valence-electron chi connectivity index (χ1n) is 26.5. The minimum Gasteiger partial charge on any atom is -0.456 e. The smallest absolute Gasteiger partial charge is 0.137 e. The third kappa shape index (κ3) is 5.59. The van der Waals surface area contributed by atoms with Crippen LogP contribution in [-0.2, 0) is 16.2 Å². The number of rotatable bonds is 6. The maximum atomic E-state index is 7.16. The number of fused-ring (bicyclic) bond motifs is 20. The highest BCUT2D eigenvalue weighted by Gasteiger charge is 2.56. The van der Waals surface area contributed by atoms with E-state index in [0.717, 1.165) is 89.7 Å². The second-order valence-electron chi connectivity index (χ2n) is 22.0.